The lowest BCUT2D eigenvalue weighted by Gasteiger charge is -2.47. The Morgan fingerprint density at radius 1 is 1.45 bits per heavy atom. The zero-order valence-electron chi connectivity index (χ0n) is 7.98. The molecule has 1 fully saturated rings. The van der Waals surface area contributed by atoms with Crippen molar-refractivity contribution in [1.82, 2.24) is 0 Å². The molecule has 0 saturated heterocycles. The van der Waals surface area contributed by atoms with Crippen LogP contribution in [0.1, 0.15) is 40.5 Å². The average molecular weight is 154 g/mol. The molecule has 1 aliphatic carbocycles. The van der Waals surface area contributed by atoms with Gasteiger partial charge in [0.25, 0.3) is 0 Å². The van der Waals surface area contributed by atoms with Crippen LogP contribution < -0.4 is 0 Å². The van der Waals surface area contributed by atoms with E-state index in [2.05, 4.69) is 20.8 Å². The Kier molecular flexibility index (Phi) is 2.08. The van der Waals surface area contributed by atoms with E-state index in [0.717, 1.165) is 18.8 Å². The molecule has 0 atom stereocenters. The lowest BCUT2D eigenvalue weighted by molar-refractivity contribution is -0.129. The van der Waals surface area contributed by atoms with Gasteiger partial charge in [-0.05, 0) is 31.1 Å². The van der Waals surface area contributed by atoms with Crippen molar-refractivity contribution in [3.8, 4) is 0 Å². The molecule has 0 radical (unpaired) electrons. The van der Waals surface area contributed by atoms with E-state index in [1.807, 2.05) is 0 Å². The minimum Gasteiger partial charge on any atom is -0.300 e. The van der Waals surface area contributed by atoms with Crippen molar-refractivity contribution in [2.45, 2.75) is 40.5 Å². The van der Waals surface area contributed by atoms with Crippen molar-refractivity contribution in [2.75, 3.05) is 0 Å². The van der Waals surface area contributed by atoms with E-state index in [0.29, 0.717) is 17.1 Å². The predicted octanol–water partition coefficient (Wildman–Crippen LogP) is 2.65. The number of carbonyl (C=O) groups is 1. The van der Waals surface area contributed by atoms with Crippen molar-refractivity contribution < 1.29 is 4.79 Å². The van der Waals surface area contributed by atoms with Gasteiger partial charge in [-0.2, -0.15) is 0 Å². The summed E-state index contributed by atoms with van der Waals surface area (Å²) in [6, 6.07) is 0. The van der Waals surface area contributed by atoms with E-state index in [1.165, 1.54) is 0 Å². The van der Waals surface area contributed by atoms with Gasteiger partial charge in [-0.1, -0.05) is 20.8 Å². The van der Waals surface area contributed by atoms with E-state index >= 15 is 0 Å². The Hall–Kier alpha value is -0.330. The summed E-state index contributed by atoms with van der Waals surface area (Å²) >= 11 is 0. The first-order valence-corrected chi connectivity index (χ1v) is 4.46. The van der Waals surface area contributed by atoms with Crippen LogP contribution in [0, 0.1) is 17.3 Å². The minimum absolute atomic E-state index is 0.377. The molecule has 0 heterocycles. The molecule has 0 aromatic rings. The van der Waals surface area contributed by atoms with Crippen molar-refractivity contribution >= 4 is 5.78 Å². The molecule has 0 unspecified atom stereocenters. The number of rotatable bonds is 2. The molecule has 1 saturated carbocycles. The van der Waals surface area contributed by atoms with Crippen molar-refractivity contribution in [3.63, 3.8) is 0 Å². The first kappa shape index (κ1) is 8.76. The van der Waals surface area contributed by atoms with Gasteiger partial charge in [0.2, 0.25) is 0 Å². The van der Waals surface area contributed by atoms with Crippen molar-refractivity contribution in [3.05, 3.63) is 0 Å². The molecule has 0 aromatic heterocycles. The maximum Gasteiger partial charge on any atom is 0.132 e. The van der Waals surface area contributed by atoms with Gasteiger partial charge >= 0.3 is 0 Å². The number of hydrogen-bond donors (Lipinski definition) is 0. The highest BCUT2D eigenvalue weighted by atomic mass is 16.1. The Bertz CT molecular complexity index is 164. The van der Waals surface area contributed by atoms with Crippen molar-refractivity contribution in [1.29, 1.82) is 0 Å². The summed E-state index contributed by atoms with van der Waals surface area (Å²) in [6.07, 6.45) is 2.22. The summed E-state index contributed by atoms with van der Waals surface area (Å²) in [6.45, 7) is 8.49. The first-order chi connectivity index (χ1) is 4.96. The van der Waals surface area contributed by atoms with Gasteiger partial charge in [0.1, 0.15) is 5.78 Å². The highest BCUT2D eigenvalue weighted by Gasteiger charge is 2.43. The zero-order valence-corrected chi connectivity index (χ0v) is 7.98. The predicted molar refractivity (Wildman–Crippen MR) is 46.4 cm³/mol. The first-order valence-electron chi connectivity index (χ1n) is 4.46. The van der Waals surface area contributed by atoms with Crippen LogP contribution in [-0.4, -0.2) is 5.78 Å². The Morgan fingerprint density at radius 3 is 2.18 bits per heavy atom. The smallest absolute Gasteiger partial charge is 0.132 e. The minimum atomic E-state index is 0.377. The molecule has 0 amide bonds. The molecule has 0 bridgehead atoms. The fourth-order valence-corrected chi connectivity index (χ4v) is 1.82. The van der Waals surface area contributed by atoms with E-state index in [9.17, 15) is 4.79 Å². The normalized spacial score (nSPS) is 37.0. The van der Waals surface area contributed by atoms with E-state index < -0.39 is 0 Å². The number of hydrogen-bond acceptors (Lipinski definition) is 1. The molecular formula is C10H18O. The van der Waals surface area contributed by atoms with Gasteiger partial charge in [-0.15, -0.1) is 0 Å². The second-order valence-electron chi connectivity index (χ2n) is 4.52. The molecule has 0 spiro atoms. The number of ketones is 1. The van der Waals surface area contributed by atoms with Crippen LogP contribution in [0.2, 0.25) is 0 Å². The van der Waals surface area contributed by atoms with E-state index in [4.69, 9.17) is 0 Å². The second-order valence-corrected chi connectivity index (χ2v) is 4.52. The van der Waals surface area contributed by atoms with Crippen LogP contribution in [0.4, 0.5) is 0 Å². The highest BCUT2D eigenvalue weighted by Crippen LogP contribution is 2.50. The molecule has 1 rings (SSSR count). The van der Waals surface area contributed by atoms with Crippen LogP contribution in [0.5, 0.6) is 0 Å². The van der Waals surface area contributed by atoms with E-state index in [1.54, 1.807) is 6.92 Å². The fourth-order valence-electron chi connectivity index (χ4n) is 1.82. The molecule has 0 aromatic carbocycles. The van der Waals surface area contributed by atoms with Crippen LogP contribution in [-0.2, 0) is 4.79 Å². The van der Waals surface area contributed by atoms with E-state index in [-0.39, 0.29) is 0 Å². The van der Waals surface area contributed by atoms with Gasteiger partial charge in [0.15, 0.2) is 0 Å². The topological polar surface area (TPSA) is 17.1 Å². The van der Waals surface area contributed by atoms with Crippen LogP contribution in [0.15, 0.2) is 0 Å². The Labute approximate surface area is 69.2 Å². The number of Topliss-reactive ketones (excluding diaryl/α,β-unsaturated/α-hetero) is 1. The summed E-state index contributed by atoms with van der Waals surface area (Å²) in [5.74, 6) is 1.48. The summed E-state index contributed by atoms with van der Waals surface area (Å²) in [4.78, 5) is 10.9. The molecule has 0 N–H and O–H groups in total. The van der Waals surface area contributed by atoms with Gasteiger partial charge in [-0.25, -0.2) is 0 Å². The highest BCUT2D eigenvalue weighted by molar-refractivity contribution is 5.79. The zero-order chi connectivity index (χ0) is 8.65. The molecular weight excluding hydrogens is 136 g/mol. The molecule has 1 nitrogen and oxygen atoms in total. The lowest BCUT2D eigenvalue weighted by Crippen LogP contribution is -2.41. The summed E-state index contributed by atoms with van der Waals surface area (Å²) in [7, 11) is 0. The van der Waals surface area contributed by atoms with Gasteiger partial charge < -0.3 is 0 Å². The quantitative estimate of drug-likeness (QED) is 0.597. The van der Waals surface area contributed by atoms with Gasteiger partial charge in [0.05, 0.1) is 0 Å². The Balaban J connectivity index is 2.44. The third-order valence-electron chi connectivity index (χ3n) is 3.39. The molecule has 11 heavy (non-hydrogen) atoms. The summed E-state index contributed by atoms with van der Waals surface area (Å²) < 4.78 is 0. The average Bonchev–Trinajstić information content (AvgIpc) is 1.79. The standard InChI is InChI=1S/C10H18O/c1-7(2)10(4)5-9(6-10)8(3)11/h7,9H,5-6H2,1-4H3. The molecule has 1 aliphatic rings. The maximum absolute atomic E-state index is 10.9. The van der Waals surface area contributed by atoms with Gasteiger partial charge in [-0.3, -0.25) is 4.79 Å². The van der Waals surface area contributed by atoms with Crippen LogP contribution in [0.3, 0.4) is 0 Å². The second kappa shape index (κ2) is 2.62. The Morgan fingerprint density at radius 2 is 1.91 bits per heavy atom. The van der Waals surface area contributed by atoms with Crippen LogP contribution in [0.25, 0.3) is 0 Å². The van der Waals surface area contributed by atoms with Crippen LogP contribution >= 0.6 is 0 Å². The summed E-state index contributed by atoms with van der Waals surface area (Å²) in [5, 5.41) is 0. The SMILES string of the molecule is CC(=O)C1CC(C)(C(C)C)C1. The fraction of sp³-hybridized carbons (Fsp3) is 0.900. The lowest BCUT2D eigenvalue weighted by atomic mass is 9.57. The largest absolute Gasteiger partial charge is 0.300 e. The maximum atomic E-state index is 10.9. The number of carbonyl (C=O) groups excluding carboxylic acids is 1. The monoisotopic (exact) mass is 154 g/mol. The third-order valence-corrected chi connectivity index (χ3v) is 3.39. The molecule has 1 heteroatoms. The molecule has 0 aliphatic heterocycles. The summed E-state index contributed by atoms with van der Waals surface area (Å²) in [5.41, 5.74) is 0.455. The molecule has 64 valence electrons. The van der Waals surface area contributed by atoms with Crippen molar-refractivity contribution in [2.24, 2.45) is 17.3 Å². The third kappa shape index (κ3) is 1.47. The van der Waals surface area contributed by atoms with Gasteiger partial charge in [0, 0.05) is 5.92 Å².